The Labute approximate surface area is 150 Å². The van der Waals surface area contributed by atoms with Gasteiger partial charge in [0.2, 0.25) is 11.7 Å². The minimum absolute atomic E-state index is 0.220. The lowest BCUT2D eigenvalue weighted by atomic mass is 10.1. The predicted octanol–water partition coefficient (Wildman–Crippen LogP) is 2.58. The van der Waals surface area contributed by atoms with Gasteiger partial charge < -0.3 is 10.1 Å². The summed E-state index contributed by atoms with van der Waals surface area (Å²) in [6.45, 7) is 7.32. The first-order valence-electron chi connectivity index (χ1n) is 8.62. The lowest BCUT2D eigenvalue weighted by Crippen LogP contribution is -2.15. The Kier molecular flexibility index (Phi) is 4.26. The summed E-state index contributed by atoms with van der Waals surface area (Å²) in [5, 5.41) is 7.68. The second kappa shape index (κ2) is 6.72. The number of imidazole rings is 1. The van der Waals surface area contributed by atoms with E-state index in [0.717, 1.165) is 22.3 Å². The molecular formula is C18H21N7O. The van der Waals surface area contributed by atoms with Gasteiger partial charge in [-0.3, -0.25) is 4.40 Å². The van der Waals surface area contributed by atoms with Gasteiger partial charge in [0.25, 0.3) is 0 Å². The van der Waals surface area contributed by atoms with Crippen LogP contribution in [0.1, 0.15) is 19.5 Å². The highest BCUT2D eigenvalue weighted by molar-refractivity contribution is 5.79. The minimum atomic E-state index is 0.220. The topological polar surface area (TPSA) is 81.6 Å². The zero-order valence-corrected chi connectivity index (χ0v) is 15.0. The molecule has 0 spiro atoms. The minimum Gasteiger partial charge on any atom is -0.377 e. The van der Waals surface area contributed by atoms with Gasteiger partial charge in [-0.05, 0) is 26.8 Å². The molecule has 4 aromatic heterocycles. The lowest BCUT2D eigenvalue weighted by molar-refractivity contribution is 0.0869. The van der Waals surface area contributed by atoms with Gasteiger partial charge in [-0.15, -0.1) is 5.10 Å². The van der Waals surface area contributed by atoms with Gasteiger partial charge in [0.05, 0.1) is 30.6 Å². The number of aromatic nitrogens is 6. The van der Waals surface area contributed by atoms with Crippen LogP contribution in [-0.2, 0) is 4.74 Å². The van der Waals surface area contributed by atoms with E-state index in [1.54, 1.807) is 0 Å². The van der Waals surface area contributed by atoms with Gasteiger partial charge in [-0.25, -0.2) is 19.5 Å². The van der Waals surface area contributed by atoms with Gasteiger partial charge in [0, 0.05) is 42.0 Å². The van der Waals surface area contributed by atoms with Crippen molar-refractivity contribution in [1.29, 1.82) is 0 Å². The predicted molar refractivity (Wildman–Crippen MR) is 99.3 cm³/mol. The van der Waals surface area contributed by atoms with Crippen molar-refractivity contribution in [3.05, 3.63) is 42.7 Å². The maximum atomic E-state index is 5.51. The number of nitrogens with zero attached hydrogens (tertiary/aromatic N) is 6. The number of hydrogen-bond acceptors (Lipinski definition) is 6. The summed E-state index contributed by atoms with van der Waals surface area (Å²) < 4.78 is 9.31. The van der Waals surface area contributed by atoms with Crippen LogP contribution in [0.4, 0.5) is 5.95 Å². The number of fused-ring (bicyclic) bond motifs is 2. The summed E-state index contributed by atoms with van der Waals surface area (Å²) in [7, 11) is 0. The summed E-state index contributed by atoms with van der Waals surface area (Å²) >= 11 is 0. The van der Waals surface area contributed by atoms with Crippen molar-refractivity contribution < 1.29 is 4.74 Å². The molecule has 0 aromatic carbocycles. The van der Waals surface area contributed by atoms with Gasteiger partial charge in [0.15, 0.2) is 0 Å². The van der Waals surface area contributed by atoms with Crippen molar-refractivity contribution in [2.75, 3.05) is 18.5 Å². The van der Waals surface area contributed by atoms with Crippen LogP contribution in [0.3, 0.4) is 0 Å². The Bertz CT molecular complexity index is 1050. The van der Waals surface area contributed by atoms with Gasteiger partial charge in [0.1, 0.15) is 0 Å². The molecule has 0 radical (unpaired) electrons. The first kappa shape index (κ1) is 16.5. The molecule has 8 nitrogen and oxygen atoms in total. The van der Waals surface area contributed by atoms with Crippen LogP contribution in [0.15, 0.2) is 37.1 Å². The number of ether oxygens (including phenoxy) is 1. The van der Waals surface area contributed by atoms with E-state index in [-0.39, 0.29) is 6.10 Å². The van der Waals surface area contributed by atoms with Gasteiger partial charge in [-0.1, -0.05) is 0 Å². The molecule has 4 heterocycles. The van der Waals surface area contributed by atoms with E-state index in [1.165, 1.54) is 0 Å². The second-order valence-corrected chi connectivity index (χ2v) is 6.40. The van der Waals surface area contributed by atoms with Crippen LogP contribution in [-0.4, -0.2) is 48.2 Å². The molecule has 8 heteroatoms. The number of hydrogen-bond donors (Lipinski definition) is 1. The zero-order valence-electron chi connectivity index (χ0n) is 15.0. The third-order valence-corrected chi connectivity index (χ3v) is 4.11. The molecule has 0 aliphatic carbocycles. The first-order chi connectivity index (χ1) is 12.6. The maximum absolute atomic E-state index is 5.51. The Balaban J connectivity index is 1.59. The first-order valence-corrected chi connectivity index (χ1v) is 8.62. The van der Waals surface area contributed by atoms with Gasteiger partial charge in [-0.2, -0.15) is 0 Å². The summed E-state index contributed by atoms with van der Waals surface area (Å²) in [6, 6.07) is 2.02. The Morgan fingerprint density at radius 1 is 1.15 bits per heavy atom. The Hall–Kier alpha value is -3.00. The highest BCUT2D eigenvalue weighted by atomic mass is 16.5. The van der Waals surface area contributed by atoms with E-state index in [9.17, 15) is 0 Å². The second-order valence-electron chi connectivity index (χ2n) is 6.40. The van der Waals surface area contributed by atoms with Gasteiger partial charge >= 0.3 is 0 Å². The number of aryl methyl sites for hydroxylation is 1. The molecule has 0 aliphatic rings. The zero-order chi connectivity index (χ0) is 18.1. The van der Waals surface area contributed by atoms with Crippen LogP contribution in [0, 0.1) is 6.92 Å². The average molecular weight is 351 g/mol. The average Bonchev–Trinajstić information content (AvgIpc) is 3.22. The van der Waals surface area contributed by atoms with Crippen molar-refractivity contribution >= 4 is 17.2 Å². The van der Waals surface area contributed by atoms with Crippen molar-refractivity contribution in [3.63, 3.8) is 0 Å². The van der Waals surface area contributed by atoms with E-state index < -0.39 is 0 Å². The number of nitrogens with one attached hydrogen (secondary N) is 1. The fraction of sp³-hybridized carbons (Fsp3) is 0.333. The molecule has 0 fully saturated rings. The molecule has 0 atom stereocenters. The Morgan fingerprint density at radius 3 is 2.85 bits per heavy atom. The highest BCUT2D eigenvalue weighted by Gasteiger charge is 2.10. The highest BCUT2D eigenvalue weighted by Crippen LogP contribution is 2.25. The van der Waals surface area contributed by atoms with Crippen molar-refractivity contribution in [2.45, 2.75) is 26.9 Å². The summed E-state index contributed by atoms with van der Waals surface area (Å²) in [4.78, 5) is 13.1. The monoisotopic (exact) mass is 351 g/mol. The van der Waals surface area contributed by atoms with E-state index in [4.69, 9.17) is 4.74 Å². The lowest BCUT2D eigenvalue weighted by Gasteiger charge is -2.08. The van der Waals surface area contributed by atoms with Crippen molar-refractivity contribution in [1.82, 2.24) is 29.0 Å². The molecule has 0 aliphatic heterocycles. The molecule has 1 N–H and O–H groups in total. The standard InChI is InChI=1S/C18H21N7O/c1-12(2)26-7-5-19-17-20-10-16-15(4-6-25(16)23-17)14-9-22-18-21-8-13(3)24(18)11-14/h4,6,8-12H,5,7H2,1-3H3,(H,19,23). The third kappa shape index (κ3) is 3.11. The normalized spacial score (nSPS) is 11.7. The van der Waals surface area contributed by atoms with E-state index in [2.05, 4.69) is 25.4 Å². The fourth-order valence-electron chi connectivity index (χ4n) is 2.81. The molecule has 0 saturated heterocycles. The van der Waals surface area contributed by atoms with Crippen molar-refractivity contribution in [3.8, 4) is 11.1 Å². The summed E-state index contributed by atoms with van der Waals surface area (Å²) in [5.41, 5.74) is 4.00. The molecule has 0 saturated carbocycles. The van der Waals surface area contributed by atoms with Crippen LogP contribution in [0.2, 0.25) is 0 Å². The summed E-state index contributed by atoms with van der Waals surface area (Å²) in [5.74, 6) is 1.27. The maximum Gasteiger partial charge on any atom is 0.241 e. The number of rotatable bonds is 6. The molecule has 4 rings (SSSR count). The van der Waals surface area contributed by atoms with E-state index in [1.807, 2.05) is 66.7 Å². The van der Waals surface area contributed by atoms with E-state index >= 15 is 0 Å². The van der Waals surface area contributed by atoms with Crippen LogP contribution >= 0.6 is 0 Å². The van der Waals surface area contributed by atoms with Crippen molar-refractivity contribution in [2.24, 2.45) is 0 Å². The SMILES string of the molecule is Cc1cnc2ncc(-c3ccn4nc(NCCOC(C)C)ncc34)cn12. The molecule has 4 aromatic rings. The Morgan fingerprint density at radius 2 is 2.00 bits per heavy atom. The van der Waals surface area contributed by atoms with E-state index in [0.29, 0.717) is 24.9 Å². The quantitative estimate of drug-likeness (QED) is 0.538. The molecule has 0 amide bonds. The third-order valence-electron chi connectivity index (χ3n) is 4.11. The van der Waals surface area contributed by atoms with Crippen LogP contribution in [0.25, 0.3) is 22.4 Å². The fourth-order valence-corrected chi connectivity index (χ4v) is 2.81. The van der Waals surface area contributed by atoms with Crippen LogP contribution in [0.5, 0.6) is 0 Å². The number of anilines is 1. The molecule has 0 unspecified atom stereocenters. The molecular weight excluding hydrogens is 330 g/mol. The largest absolute Gasteiger partial charge is 0.377 e. The summed E-state index contributed by atoms with van der Waals surface area (Å²) in [6.07, 6.45) is 9.64. The molecule has 26 heavy (non-hydrogen) atoms. The smallest absolute Gasteiger partial charge is 0.241 e. The van der Waals surface area contributed by atoms with Crippen LogP contribution < -0.4 is 5.32 Å². The molecule has 134 valence electrons. The molecule has 0 bridgehead atoms.